The van der Waals surface area contributed by atoms with E-state index >= 15 is 0 Å². The molecule has 21 heavy (non-hydrogen) atoms. The summed E-state index contributed by atoms with van der Waals surface area (Å²) < 4.78 is 0. The lowest BCUT2D eigenvalue weighted by Crippen LogP contribution is -2.20. The lowest BCUT2D eigenvalue weighted by Gasteiger charge is -2.19. The third-order valence-corrected chi connectivity index (χ3v) is 3.89. The van der Waals surface area contributed by atoms with E-state index in [2.05, 4.69) is 55.4 Å². The standard InChI is InChI=1S/C18H21N3/c1-21(2)12-11-15(19)18-13-7-3-5-9-16(13)20-17-10-6-4-8-14(17)18/h3-10,15H,11-12,19H2,1-2H3. The molecule has 2 N–H and O–H groups in total. The molecule has 0 bridgehead atoms. The molecule has 3 rings (SSSR count). The molecule has 0 saturated carbocycles. The van der Waals surface area contributed by atoms with E-state index in [1.165, 1.54) is 16.3 Å². The van der Waals surface area contributed by atoms with Gasteiger partial charge < -0.3 is 10.6 Å². The van der Waals surface area contributed by atoms with Crippen molar-refractivity contribution >= 4 is 21.8 Å². The Kier molecular flexibility index (Phi) is 3.86. The number of fused-ring (bicyclic) bond motifs is 2. The zero-order valence-corrected chi connectivity index (χ0v) is 12.6. The van der Waals surface area contributed by atoms with Gasteiger partial charge in [-0.2, -0.15) is 0 Å². The molecule has 0 spiro atoms. The van der Waals surface area contributed by atoms with Gasteiger partial charge in [0.25, 0.3) is 0 Å². The molecule has 1 aromatic heterocycles. The quantitative estimate of drug-likeness (QED) is 0.745. The molecule has 3 nitrogen and oxygen atoms in total. The van der Waals surface area contributed by atoms with E-state index < -0.39 is 0 Å². The monoisotopic (exact) mass is 279 g/mol. The molecule has 0 aliphatic heterocycles. The fourth-order valence-corrected chi connectivity index (χ4v) is 2.81. The molecular weight excluding hydrogens is 258 g/mol. The van der Waals surface area contributed by atoms with Crippen LogP contribution in [0.1, 0.15) is 18.0 Å². The van der Waals surface area contributed by atoms with Crippen molar-refractivity contribution in [3.63, 3.8) is 0 Å². The lowest BCUT2D eigenvalue weighted by atomic mass is 9.95. The number of benzene rings is 2. The average molecular weight is 279 g/mol. The summed E-state index contributed by atoms with van der Waals surface area (Å²) in [5, 5.41) is 2.34. The summed E-state index contributed by atoms with van der Waals surface area (Å²) in [6, 6.07) is 16.6. The molecule has 0 fully saturated rings. The fourth-order valence-electron chi connectivity index (χ4n) is 2.81. The van der Waals surface area contributed by atoms with Gasteiger partial charge in [-0.15, -0.1) is 0 Å². The Labute approximate surface area is 125 Å². The Morgan fingerprint density at radius 3 is 2.00 bits per heavy atom. The summed E-state index contributed by atoms with van der Waals surface area (Å²) in [5.41, 5.74) is 9.78. The lowest BCUT2D eigenvalue weighted by molar-refractivity contribution is 0.383. The van der Waals surface area contributed by atoms with Gasteiger partial charge in [0.15, 0.2) is 0 Å². The van der Waals surface area contributed by atoms with Gasteiger partial charge in [0.2, 0.25) is 0 Å². The maximum absolute atomic E-state index is 6.52. The Hall–Kier alpha value is -1.97. The second-order valence-electron chi connectivity index (χ2n) is 5.76. The number of nitrogens with zero attached hydrogens (tertiary/aromatic N) is 2. The Morgan fingerprint density at radius 2 is 1.48 bits per heavy atom. The van der Waals surface area contributed by atoms with Crippen molar-refractivity contribution in [3.05, 3.63) is 54.1 Å². The Bertz CT molecular complexity index is 711. The minimum absolute atomic E-state index is 0.0187. The zero-order chi connectivity index (χ0) is 14.8. The summed E-state index contributed by atoms with van der Waals surface area (Å²) in [4.78, 5) is 6.92. The van der Waals surface area contributed by atoms with E-state index in [0.29, 0.717) is 0 Å². The highest BCUT2D eigenvalue weighted by molar-refractivity contribution is 5.97. The molecule has 2 aromatic carbocycles. The van der Waals surface area contributed by atoms with Crippen molar-refractivity contribution in [1.29, 1.82) is 0 Å². The van der Waals surface area contributed by atoms with Crippen molar-refractivity contribution in [2.24, 2.45) is 5.73 Å². The first-order valence-electron chi connectivity index (χ1n) is 7.34. The van der Waals surface area contributed by atoms with Gasteiger partial charge in [-0.1, -0.05) is 36.4 Å². The molecule has 0 radical (unpaired) electrons. The van der Waals surface area contributed by atoms with Crippen molar-refractivity contribution in [1.82, 2.24) is 9.88 Å². The predicted octanol–water partition coefficient (Wildman–Crippen LogP) is 3.34. The van der Waals surface area contributed by atoms with E-state index in [1.807, 2.05) is 12.1 Å². The average Bonchev–Trinajstić information content (AvgIpc) is 2.50. The third-order valence-electron chi connectivity index (χ3n) is 3.89. The topological polar surface area (TPSA) is 42.1 Å². The first-order chi connectivity index (χ1) is 10.2. The van der Waals surface area contributed by atoms with Gasteiger partial charge in [0, 0.05) is 16.8 Å². The molecule has 1 unspecified atom stereocenters. The number of rotatable bonds is 4. The first-order valence-corrected chi connectivity index (χ1v) is 7.34. The summed E-state index contributed by atoms with van der Waals surface area (Å²) in [6.45, 7) is 0.978. The molecule has 3 heteroatoms. The van der Waals surface area contributed by atoms with Crippen molar-refractivity contribution in [2.45, 2.75) is 12.5 Å². The smallest absolute Gasteiger partial charge is 0.0713 e. The van der Waals surface area contributed by atoms with Crippen LogP contribution in [-0.4, -0.2) is 30.5 Å². The van der Waals surface area contributed by atoms with Crippen LogP contribution in [0.2, 0.25) is 0 Å². The number of pyridine rings is 1. The number of hydrogen-bond acceptors (Lipinski definition) is 3. The third kappa shape index (κ3) is 2.75. The molecule has 0 saturated heterocycles. The maximum atomic E-state index is 6.52. The minimum atomic E-state index is 0.0187. The first kappa shape index (κ1) is 14.0. The van der Waals surface area contributed by atoms with Crippen LogP contribution in [0, 0.1) is 0 Å². The van der Waals surface area contributed by atoms with Crippen molar-refractivity contribution in [2.75, 3.05) is 20.6 Å². The van der Waals surface area contributed by atoms with E-state index in [-0.39, 0.29) is 6.04 Å². The minimum Gasteiger partial charge on any atom is -0.324 e. The van der Waals surface area contributed by atoms with Crippen LogP contribution in [0.4, 0.5) is 0 Å². The van der Waals surface area contributed by atoms with E-state index in [0.717, 1.165) is 24.0 Å². The van der Waals surface area contributed by atoms with Gasteiger partial charge >= 0.3 is 0 Å². The van der Waals surface area contributed by atoms with Crippen molar-refractivity contribution in [3.8, 4) is 0 Å². The van der Waals surface area contributed by atoms with Gasteiger partial charge in [-0.3, -0.25) is 0 Å². The van der Waals surface area contributed by atoms with Gasteiger partial charge in [0.1, 0.15) is 0 Å². The molecule has 1 heterocycles. The second-order valence-corrected chi connectivity index (χ2v) is 5.76. The highest BCUT2D eigenvalue weighted by Gasteiger charge is 2.15. The van der Waals surface area contributed by atoms with Crippen LogP contribution in [0.5, 0.6) is 0 Å². The number of aromatic nitrogens is 1. The predicted molar refractivity (Wildman–Crippen MR) is 89.3 cm³/mol. The van der Waals surface area contributed by atoms with Crippen LogP contribution in [0.3, 0.4) is 0 Å². The van der Waals surface area contributed by atoms with Crippen LogP contribution in [0.15, 0.2) is 48.5 Å². The Morgan fingerprint density at radius 1 is 0.952 bits per heavy atom. The van der Waals surface area contributed by atoms with Crippen LogP contribution in [0.25, 0.3) is 21.8 Å². The summed E-state index contributed by atoms with van der Waals surface area (Å²) >= 11 is 0. The molecule has 0 aliphatic rings. The van der Waals surface area contributed by atoms with E-state index in [1.54, 1.807) is 0 Å². The molecule has 0 aliphatic carbocycles. The summed E-state index contributed by atoms with van der Waals surface area (Å²) in [6.07, 6.45) is 0.936. The zero-order valence-electron chi connectivity index (χ0n) is 12.6. The molecule has 3 aromatic rings. The summed E-state index contributed by atoms with van der Waals surface area (Å²) in [5.74, 6) is 0. The highest BCUT2D eigenvalue weighted by Crippen LogP contribution is 2.31. The largest absolute Gasteiger partial charge is 0.324 e. The van der Waals surface area contributed by atoms with Crippen LogP contribution >= 0.6 is 0 Å². The molecule has 0 amide bonds. The number of hydrogen-bond donors (Lipinski definition) is 1. The van der Waals surface area contributed by atoms with E-state index in [4.69, 9.17) is 10.7 Å². The van der Waals surface area contributed by atoms with Gasteiger partial charge in [-0.25, -0.2) is 4.98 Å². The SMILES string of the molecule is CN(C)CCC(N)c1c2ccccc2nc2ccccc12. The van der Waals surface area contributed by atoms with Crippen molar-refractivity contribution < 1.29 is 0 Å². The fraction of sp³-hybridized carbons (Fsp3) is 0.278. The summed E-state index contributed by atoms with van der Waals surface area (Å²) in [7, 11) is 4.16. The highest BCUT2D eigenvalue weighted by atomic mass is 15.0. The van der Waals surface area contributed by atoms with Crippen LogP contribution < -0.4 is 5.73 Å². The number of para-hydroxylation sites is 2. The molecule has 108 valence electrons. The van der Waals surface area contributed by atoms with E-state index in [9.17, 15) is 0 Å². The normalized spacial score (nSPS) is 13.1. The molecule has 1 atom stereocenters. The molecular formula is C18H21N3. The Balaban J connectivity index is 2.20. The van der Waals surface area contributed by atoms with Gasteiger partial charge in [-0.05, 0) is 44.8 Å². The number of nitrogens with two attached hydrogens (primary N) is 1. The maximum Gasteiger partial charge on any atom is 0.0713 e. The van der Waals surface area contributed by atoms with Gasteiger partial charge in [0.05, 0.1) is 11.0 Å². The van der Waals surface area contributed by atoms with Crippen LogP contribution in [-0.2, 0) is 0 Å². The second kappa shape index (κ2) is 5.80.